The van der Waals surface area contributed by atoms with Gasteiger partial charge in [0.15, 0.2) is 0 Å². The molecule has 0 radical (unpaired) electrons. The van der Waals surface area contributed by atoms with Crippen LogP contribution in [-0.4, -0.2) is 14.7 Å². The van der Waals surface area contributed by atoms with Crippen LogP contribution in [0.5, 0.6) is 0 Å². The van der Waals surface area contributed by atoms with Crippen LogP contribution in [0.4, 0.5) is 0 Å². The molecule has 0 saturated carbocycles. The second-order valence-electron chi connectivity index (χ2n) is 3.36. The van der Waals surface area contributed by atoms with E-state index in [9.17, 15) is 5.11 Å². The van der Waals surface area contributed by atoms with Gasteiger partial charge in [-0.15, -0.1) is 0 Å². The van der Waals surface area contributed by atoms with Crippen LogP contribution >= 0.6 is 15.9 Å². The van der Waals surface area contributed by atoms with Crippen molar-refractivity contribution in [3.8, 4) is 5.69 Å². The van der Waals surface area contributed by atoms with Crippen LogP contribution in [0.25, 0.3) is 5.69 Å². The maximum absolute atomic E-state index is 9.43. The number of rotatable bonds is 2. The first-order valence-corrected chi connectivity index (χ1v) is 5.43. The van der Waals surface area contributed by atoms with E-state index in [0.717, 1.165) is 15.7 Å². The lowest BCUT2D eigenvalue weighted by atomic mass is 10.1. The van der Waals surface area contributed by atoms with Crippen LogP contribution in [0, 0.1) is 0 Å². The number of hydrogen-bond donors (Lipinski definition) is 1. The highest BCUT2D eigenvalue weighted by Crippen LogP contribution is 2.24. The lowest BCUT2D eigenvalue weighted by Gasteiger charge is -2.09. The van der Waals surface area contributed by atoms with Crippen molar-refractivity contribution < 1.29 is 5.11 Å². The molecular formula is C11H11BrN2O. The molecule has 4 heteroatoms. The van der Waals surface area contributed by atoms with Crippen molar-refractivity contribution in [2.24, 2.45) is 0 Å². The summed E-state index contributed by atoms with van der Waals surface area (Å²) in [6.07, 6.45) is 4.90. The standard InChI is InChI=1S/C11H11BrN2O/c1-8(15)9-2-3-11(10(12)6-9)14-5-4-13-7-14/h2-8,15H,1H3/t8-/m1/s1. The maximum Gasteiger partial charge on any atom is 0.0992 e. The van der Waals surface area contributed by atoms with Crippen molar-refractivity contribution in [2.75, 3.05) is 0 Å². The Balaban J connectivity index is 2.44. The van der Waals surface area contributed by atoms with Gasteiger partial charge in [-0.25, -0.2) is 4.98 Å². The molecule has 1 N–H and O–H groups in total. The van der Waals surface area contributed by atoms with Gasteiger partial charge in [-0.2, -0.15) is 0 Å². The molecule has 1 aromatic carbocycles. The third-order valence-electron chi connectivity index (χ3n) is 2.24. The number of halogens is 1. The Kier molecular flexibility index (Phi) is 2.88. The van der Waals surface area contributed by atoms with E-state index >= 15 is 0 Å². The van der Waals surface area contributed by atoms with Crippen molar-refractivity contribution in [1.29, 1.82) is 0 Å². The van der Waals surface area contributed by atoms with Crippen LogP contribution < -0.4 is 0 Å². The van der Waals surface area contributed by atoms with Crippen molar-refractivity contribution in [2.45, 2.75) is 13.0 Å². The smallest absolute Gasteiger partial charge is 0.0992 e. The SMILES string of the molecule is C[C@@H](O)c1ccc(-n2ccnc2)c(Br)c1. The summed E-state index contributed by atoms with van der Waals surface area (Å²) in [6, 6.07) is 5.78. The molecule has 0 bridgehead atoms. The van der Waals surface area contributed by atoms with Crippen molar-refractivity contribution >= 4 is 15.9 Å². The lowest BCUT2D eigenvalue weighted by Crippen LogP contribution is -1.95. The third-order valence-corrected chi connectivity index (χ3v) is 2.87. The van der Waals surface area contributed by atoms with E-state index in [-0.39, 0.29) is 0 Å². The Labute approximate surface area is 96.5 Å². The zero-order chi connectivity index (χ0) is 10.8. The number of aliphatic hydroxyl groups excluding tert-OH is 1. The van der Waals surface area contributed by atoms with E-state index in [1.165, 1.54) is 0 Å². The van der Waals surface area contributed by atoms with Crippen molar-refractivity contribution in [3.63, 3.8) is 0 Å². The van der Waals surface area contributed by atoms with Crippen LogP contribution in [-0.2, 0) is 0 Å². The zero-order valence-corrected chi connectivity index (χ0v) is 9.85. The van der Waals surface area contributed by atoms with Gasteiger partial charge in [-0.1, -0.05) is 6.07 Å². The Morgan fingerprint density at radius 3 is 2.80 bits per heavy atom. The van der Waals surface area contributed by atoms with Gasteiger partial charge in [0.25, 0.3) is 0 Å². The lowest BCUT2D eigenvalue weighted by molar-refractivity contribution is 0.199. The second-order valence-corrected chi connectivity index (χ2v) is 4.21. The molecule has 0 aliphatic heterocycles. The molecule has 1 aromatic heterocycles. The Bertz CT molecular complexity index is 452. The quantitative estimate of drug-likeness (QED) is 0.908. The summed E-state index contributed by atoms with van der Waals surface area (Å²) in [7, 11) is 0. The fourth-order valence-corrected chi connectivity index (χ4v) is 2.00. The minimum atomic E-state index is -0.446. The van der Waals surface area contributed by atoms with Gasteiger partial charge in [0.05, 0.1) is 18.1 Å². The summed E-state index contributed by atoms with van der Waals surface area (Å²) in [5.74, 6) is 0. The average molecular weight is 267 g/mol. The summed E-state index contributed by atoms with van der Waals surface area (Å²) < 4.78 is 2.86. The summed E-state index contributed by atoms with van der Waals surface area (Å²) in [5.41, 5.74) is 1.91. The van der Waals surface area contributed by atoms with E-state index in [4.69, 9.17) is 0 Å². The second kappa shape index (κ2) is 4.16. The van der Waals surface area contributed by atoms with E-state index in [0.29, 0.717) is 0 Å². The number of nitrogens with zero attached hydrogens (tertiary/aromatic N) is 2. The van der Waals surface area contributed by atoms with Gasteiger partial charge in [0.2, 0.25) is 0 Å². The molecule has 78 valence electrons. The monoisotopic (exact) mass is 266 g/mol. The van der Waals surface area contributed by atoms with E-state index < -0.39 is 6.10 Å². The molecule has 1 atom stereocenters. The van der Waals surface area contributed by atoms with E-state index in [2.05, 4.69) is 20.9 Å². The maximum atomic E-state index is 9.43. The Morgan fingerprint density at radius 2 is 2.27 bits per heavy atom. The first-order chi connectivity index (χ1) is 7.18. The molecule has 0 aliphatic rings. The highest BCUT2D eigenvalue weighted by molar-refractivity contribution is 9.10. The van der Waals surface area contributed by atoms with Gasteiger partial charge in [0.1, 0.15) is 0 Å². The van der Waals surface area contributed by atoms with Gasteiger partial charge in [0, 0.05) is 16.9 Å². The molecule has 0 aliphatic carbocycles. The minimum Gasteiger partial charge on any atom is -0.389 e. The van der Waals surface area contributed by atoms with E-state index in [1.54, 1.807) is 19.4 Å². The van der Waals surface area contributed by atoms with Gasteiger partial charge in [-0.05, 0) is 40.5 Å². The number of imidazole rings is 1. The molecular weight excluding hydrogens is 256 g/mol. The molecule has 3 nitrogen and oxygen atoms in total. The normalized spacial score (nSPS) is 12.7. The average Bonchev–Trinajstić information content (AvgIpc) is 2.70. The summed E-state index contributed by atoms with van der Waals surface area (Å²) >= 11 is 3.48. The minimum absolute atomic E-state index is 0.446. The molecule has 1 heterocycles. The molecule has 2 aromatic rings. The highest BCUT2D eigenvalue weighted by Gasteiger charge is 2.06. The molecule has 0 fully saturated rings. The summed E-state index contributed by atoms with van der Waals surface area (Å²) in [4.78, 5) is 3.99. The number of aliphatic hydroxyl groups is 1. The van der Waals surface area contributed by atoms with Gasteiger partial charge in [-0.3, -0.25) is 0 Å². The molecule has 0 amide bonds. The largest absolute Gasteiger partial charge is 0.389 e. The van der Waals surface area contributed by atoms with Crippen molar-refractivity contribution in [3.05, 3.63) is 47.0 Å². The molecule has 0 saturated heterocycles. The first-order valence-electron chi connectivity index (χ1n) is 4.64. The van der Waals surface area contributed by atoms with Crippen LogP contribution in [0.2, 0.25) is 0 Å². The van der Waals surface area contributed by atoms with Crippen LogP contribution in [0.1, 0.15) is 18.6 Å². The topological polar surface area (TPSA) is 38.0 Å². The molecule has 2 rings (SSSR count). The first kappa shape index (κ1) is 10.4. The summed E-state index contributed by atoms with van der Waals surface area (Å²) in [6.45, 7) is 1.75. The Hall–Kier alpha value is -1.13. The fourth-order valence-electron chi connectivity index (χ4n) is 1.39. The zero-order valence-electron chi connectivity index (χ0n) is 8.26. The highest BCUT2D eigenvalue weighted by atomic mass is 79.9. The Morgan fingerprint density at radius 1 is 1.47 bits per heavy atom. The van der Waals surface area contributed by atoms with Gasteiger partial charge >= 0.3 is 0 Å². The summed E-state index contributed by atoms with van der Waals surface area (Å²) in [5, 5.41) is 9.43. The van der Waals surface area contributed by atoms with E-state index in [1.807, 2.05) is 29.0 Å². The number of hydrogen-bond acceptors (Lipinski definition) is 2. The molecule has 0 unspecified atom stereocenters. The van der Waals surface area contributed by atoms with Crippen LogP contribution in [0.3, 0.4) is 0 Å². The predicted molar refractivity (Wildman–Crippen MR) is 61.9 cm³/mol. The fraction of sp³-hybridized carbons (Fsp3) is 0.182. The van der Waals surface area contributed by atoms with Crippen LogP contribution in [0.15, 0.2) is 41.4 Å². The molecule has 15 heavy (non-hydrogen) atoms. The van der Waals surface area contributed by atoms with Gasteiger partial charge < -0.3 is 9.67 Å². The molecule has 0 spiro atoms. The number of aromatic nitrogens is 2. The van der Waals surface area contributed by atoms with Crippen molar-refractivity contribution in [1.82, 2.24) is 9.55 Å². The third kappa shape index (κ3) is 2.11. The number of benzene rings is 1. The predicted octanol–water partition coefficient (Wildman–Crippen LogP) is 2.69.